The number of hydrogen-bond acceptors (Lipinski definition) is 13. The number of nitrogens with one attached hydrogen (secondary N) is 4. The molecule has 119 heavy (non-hydrogen) atoms. The fraction of sp³-hybridized carbons (Fsp3) is 0.224. The molecule has 1 aliphatic rings. The van der Waals surface area contributed by atoms with Gasteiger partial charge in [0.2, 0.25) is 23.6 Å². The van der Waals surface area contributed by atoms with Gasteiger partial charge >= 0.3 is 0 Å². The Kier molecular flexibility index (Phi) is 29.0. The van der Waals surface area contributed by atoms with E-state index in [4.69, 9.17) is 24.7 Å². The van der Waals surface area contributed by atoms with Crippen molar-refractivity contribution in [3.63, 3.8) is 0 Å². The lowest BCUT2D eigenvalue weighted by molar-refractivity contribution is -0.114. The highest BCUT2D eigenvalue weighted by atomic mass is 31.2. The highest BCUT2D eigenvalue weighted by Gasteiger charge is 2.36. The van der Waals surface area contributed by atoms with Crippen LogP contribution >= 0.6 is 28.6 Å². The minimum absolute atomic E-state index is 0.0243. The lowest BCUT2D eigenvalue weighted by Gasteiger charge is -2.25. The SMILES string of the molecule is CCCOc1c2cc(NC(=O)CP(=O)(c3ccccc3)c3ccccc3)cc1Cc1cc(NC(=O)CP(=O)(c3ccccc3)c3ccccc3)cc(c1OCCC)Cc1cc(NC(=O)CP(=O)(c3ccccc3)c3ccccc3)cc(c1OCCCCCN)Cc1cc(NC(=O)CP(=O)(c3ccccc3)c3ccccc3)cc(c1OCCC)C2. The molecule has 12 aromatic rings. The van der Waals surface area contributed by atoms with Crippen molar-refractivity contribution in [1.29, 1.82) is 0 Å². The summed E-state index contributed by atoms with van der Waals surface area (Å²) < 4.78 is 91.8. The number of unbranched alkanes of at least 4 members (excludes halogenated alkanes) is 2. The summed E-state index contributed by atoms with van der Waals surface area (Å²) >= 11 is 0. The van der Waals surface area contributed by atoms with Crippen LogP contribution in [0, 0.1) is 0 Å². The Labute approximate surface area is 697 Å². The molecule has 0 aliphatic heterocycles. The van der Waals surface area contributed by atoms with Crippen LogP contribution in [0.5, 0.6) is 23.0 Å². The Hall–Kier alpha value is -11.4. The van der Waals surface area contributed by atoms with Gasteiger partial charge in [0, 0.05) is 135 Å². The quantitative estimate of drug-likeness (QED) is 0.0183. The second-order valence-electron chi connectivity index (χ2n) is 29.9. The molecule has 8 bridgehead atoms. The highest BCUT2D eigenvalue weighted by molar-refractivity contribution is 7.80. The first-order valence-electron chi connectivity index (χ1n) is 40.7. The number of hydrogen-bond donors (Lipinski definition) is 5. The smallest absolute Gasteiger partial charge is 0.232 e. The van der Waals surface area contributed by atoms with Gasteiger partial charge in [-0.05, 0) is 93.6 Å². The van der Waals surface area contributed by atoms with Crippen LogP contribution in [0.3, 0.4) is 0 Å². The van der Waals surface area contributed by atoms with Crippen LogP contribution in [0.2, 0.25) is 0 Å². The van der Waals surface area contributed by atoms with Crippen LogP contribution in [0.15, 0.2) is 291 Å². The molecule has 21 heteroatoms. The van der Waals surface area contributed by atoms with Gasteiger partial charge in [-0.15, -0.1) is 0 Å². The zero-order valence-electron chi connectivity index (χ0n) is 67.4. The van der Waals surface area contributed by atoms with Crippen LogP contribution in [-0.2, 0) is 63.1 Å². The molecule has 0 fully saturated rings. The van der Waals surface area contributed by atoms with E-state index in [2.05, 4.69) is 21.3 Å². The molecule has 13 rings (SSSR count). The maximum Gasteiger partial charge on any atom is 0.232 e. The Morgan fingerprint density at radius 3 is 0.613 bits per heavy atom. The lowest BCUT2D eigenvalue weighted by Crippen LogP contribution is -2.26. The second-order valence-corrected chi connectivity index (χ2v) is 41.2. The van der Waals surface area contributed by atoms with E-state index in [-0.39, 0.29) is 52.1 Å². The largest absolute Gasteiger partial charge is 0.493 e. The summed E-state index contributed by atoms with van der Waals surface area (Å²) in [6.45, 7) is 7.46. The van der Waals surface area contributed by atoms with Crippen LogP contribution in [0.1, 0.15) is 104 Å². The Bertz CT molecular complexity index is 5320. The van der Waals surface area contributed by atoms with E-state index < -0.39 is 76.8 Å². The summed E-state index contributed by atoms with van der Waals surface area (Å²) in [6, 6.07) is 87.1. The number of anilines is 4. The molecule has 0 saturated carbocycles. The van der Waals surface area contributed by atoms with E-state index in [0.29, 0.717) is 165 Å². The molecule has 0 radical (unpaired) electrons. The van der Waals surface area contributed by atoms with Gasteiger partial charge in [0.15, 0.2) is 28.6 Å². The maximum atomic E-state index is 15.8. The van der Waals surface area contributed by atoms with E-state index in [1.807, 2.05) is 215 Å². The first-order valence-corrected chi connectivity index (χ1v) is 48.3. The summed E-state index contributed by atoms with van der Waals surface area (Å²) in [6.07, 6.45) is 2.38. The van der Waals surface area contributed by atoms with Gasteiger partial charge in [0.05, 0.1) is 51.1 Å². The molecule has 12 aromatic carbocycles. The molecule has 17 nitrogen and oxygen atoms in total. The number of fused-ring (bicyclic) bond motifs is 8. The minimum atomic E-state index is -3.67. The summed E-state index contributed by atoms with van der Waals surface area (Å²) in [5.41, 5.74) is 12.1. The number of ether oxygens (including phenoxy) is 4. The Balaban J connectivity index is 1.05. The van der Waals surface area contributed by atoms with E-state index in [1.54, 1.807) is 97.1 Å². The van der Waals surface area contributed by atoms with Crippen LogP contribution in [0.25, 0.3) is 0 Å². The zero-order valence-corrected chi connectivity index (χ0v) is 71.0. The predicted molar refractivity (Wildman–Crippen MR) is 486 cm³/mol. The molecular formula is C98H101N5O12P4. The van der Waals surface area contributed by atoms with Crippen molar-refractivity contribution in [3.05, 3.63) is 336 Å². The first kappa shape index (κ1) is 85.5. The fourth-order valence-corrected chi connectivity index (χ4v) is 25.2. The molecule has 0 atom stereocenters. The van der Waals surface area contributed by atoms with Gasteiger partial charge in [-0.2, -0.15) is 0 Å². The number of benzene rings is 12. The van der Waals surface area contributed by atoms with Gasteiger partial charge in [-0.3, -0.25) is 19.2 Å². The number of carbonyl (C=O) groups is 4. The van der Waals surface area contributed by atoms with Gasteiger partial charge in [-0.25, -0.2) is 0 Å². The molecule has 0 unspecified atom stereocenters. The maximum absolute atomic E-state index is 15.8. The number of nitrogens with two attached hydrogens (primary N) is 1. The molecule has 1 aliphatic carbocycles. The third kappa shape index (κ3) is 21.0. The molecular weight excluding hydrogens is 1560 g/mol. The van der Waals surface area contributed by atoms with E-state index in [1.165, 1.54) is 0 Å². The summed E-state index contributed by atoms with van der Waals surface area (Å²) in [5.74, 6) is -0.268. The Morgan fingerprint density at radius 2 is 0.445 bits per heavy atom. The van der Waals surface area contributed by atoms with Gasteiger partial charge in [0.1, 0.15) is 23.0 Å². The van der Waals surface area contributed by atoms with Crippen molar-refractivity contribution in [2.45, 2.75) is 85.0 Å². The van der Waals surface area contributed by atoms with Crippen molar-refractivity contribution < 1.29 is 56.4 Å². The summed E-state index contributed by atoms with van der Waals surface area (Å²) in [7, 11) is -14.6. The van der Waals surface area contributed by atoms with Gasteiger partial charge in [0.25, 0.3) is 0 Å². The monoisotopic (exact) mass is 1660 g/mol. The normalized spacial score (nSPS) is 12.2. The number of carbonyl (C=O) groups excluding carboxylic acids is 4. The van der Waals surface area contributed by atoms with E-state index in [9.17, 15) is 0 Å². The standard InChI is InChI=1S/C98H101N5O12P4/c1-4-51-112-95-71-55-73-61-80(101-92(105)68-117(109,85-38-20-9-21-39-85)86-40-22-10-23-41-86)63-75(96(73)113-52-5-2)57-77-65-82(103-94(107)70-119(111,89-46-28-13-29-47-89)90-48-30-14-31-49-90)66-78(98(77)115-54-33-15-32-50-99)58-76-64-81(102-93(106)69-118(110,87-42-24-11-25-43-87)88-44-26-12-27-45-88)62-74(97(76)114-53-6-3)56-72(95)60-79(59-71)100-91(104)67-116(108,83-34-16-7-17-35-83)84-36-18-8-19-37-84/h7-14,16-31,34-49,59-66H,4-6,15,32-33,50-58,67-70,99H2,1-3H3,(H,100,104)(H,101,105)(H,102,106)(H,103,107). The zero-order chi connectivity index (χ0) is 83.2. The van der Waals surface area contributed by atoms with E-state index >= 15 is 37.4 Å². The number of rotatable bonds is 35. The lowest BCUT2D eigenvalue weighted by atomic mass is 9.90. The Morgan fingerprint density at radius 1 is 0.269 bits per heavy atom. The van der Waals surface area contributed by atoms with Crippen LogP contribution in [0.4, 0.5) is 22.7 Å². The van der Waals surface area contributed by atoms with Crippen LogP contribution in [-0.4, -0.2) is 81.2 Å². The van der Waals surface area contributed by atoms with Crippen molar-refractivity contribution in [1.82, 2.24) is 0 Å². The highest BCUT2D eigenvalue weighted by Crippen LogP contribution is 2.49. The average molecular weight is 1660 g/mol. The van der Waals surface area contributed by atoms with E-state index in [0.717, 1.165) is 12.8 Å². The molecule has 0 aromatic heterocycles. The predicted octanol–water partition coefficient (Wildman–Crippen LogP) is 17.0. The average Bonchev–Trinajstić information content (AvgIpc) is 0.763. The third-order valence-electron chi connectivity index (χ3n) is 20.9. The number of amides is 4. The molecule has 4 amide bonds. The summed E-state index contributed by atoms with van der Waals surface area (Å²) in [4.78, 5) is 61.4. The van der Waals surface area contributed by atoms with Crippen molar-refractivity contribution in [3.8, 4) is 23.0 Å². The molecule has 610 valence electrons. The van der Waals surface area contributed by atoms with Crippen molar-refractivity contribution in [2.75, 3.05) is 78.9 Å². The van der Waals surface area contributed by atoms with Gasteiger partial charge < -0.3 is 64.2 Å². The summed E-state index contributed by atoms with van der Waals surface area (Å²) in [5, 5.41) is 17.0. The van der Waals surface area contributed by atoms with Crippen molar-refractivity contribution in [2.24, 2.45) is 5.73 Å². The third-order valence-corrected chi connectivity index (χ3v) is 32.9. The fourth-order valence-electron chi connectivity index (χ4n) is 15.4. The molecule has 6 N–H and O–H groups in total. The minimum Gasteiger partial charge on any atom is -0.493 e. The molecule has 0 heterocycles. The van der Waals surface area contributed by atoms with Crippen molar-refractivity contribution >= 4 is 117 Å². The van der Waals surface area contributed by atoms with Gasteiger partial charge in [-0.1, -0.05) is 263 Å². The second kappa shape index (κ2) is 40.4. The topological polar surface area (TPSA) is 248 Å². The first-order chi connectivity index (χ1) is 57.9. The molecule has 0 spiro atoms. The van der Waals surface area contributed by atoms with Crippen LogP contribution < -0.4 is 88.4 Å². The molecule has 0 saturated heterocycles.